The van der Waals surface area contributed by atoms with Crippen molar-refractivity contribution in [3.63, 3.8) is 0 Å². The molecule has 1 amide bonds. The number of anilines is 1. The van der Waals surface area contributed by atoms with E-state index in [1.54, 1.807) is 6.20 Å². The molecule has 6 heteroatoms. The Labute approximate surface area is 151 Å². The van der Waals surface area contributed by atoms with Crippen LogP contribution < -0.4 is 4.90 Å². The van der Waals surface area contributed by atoms with E-state index >= 15 is 0 Å². The van der Waals surface area contributed by atoms with Gasteiger partial charge in [0.05, 0.1) is 11.3 Å². The number of amides is 1. The Morgan fingerprint density at radius 1 is 1.36 bits per heavy atom. The average molecular weight is 343 g/mol. The van der Waals surface area contributed by atoms with E-state index in [0.29, 0.717) is 5.56 Å². The summed E-state index contributed by atoms with van der Waals surface area (Å²) in [7, 11) is 5.99. The first-order valence-electron chi connectivity index (χ1n) is 8.93. The summed E-state index contributed by atoms with van der Waals surface area (Å²) in [6.07, 6.45) is 4.41. The summed E-state index contributed by atoms with van der Waals surface area (Å²) in [4.78, 5) is 22.9. The number of nitriles is 1. The summed E-state index contributed by atoms with van der Waals surface area (Å²) in [5.41, 5.74) is 2.39. The Hall–Kier alpha value is -2.13. The maximum atomic E-state index is 12.5. The second kappa shape index (κ2) is 8.82. The second-order valence-corrected chi connectivity index (χ2v) is 7.07. The molecule has 1 aromatic heterocycles. The predicted molar refractivity (Wildman–Crippen MR) is 99.4 cm³/mol. The van der Waals surface area contributed by atoms with Crippen LogP contribution in [0.2, 0.25) is 0 Å². The summed E-state index contributed by atoms with van der Waals surface area (Å²) < 4.78 is 0. The summed E-state index contributed by atoms with van der Waals surface area (Å²) >= 11 is 0. The fourth-order valence-corrected chi connectivity index (χ4v) is 3.29. The van der Waals surface area contributed by atoms with Crippen molar-refractivity contribution in [2.75, 3.05) is 52.2 Å². The smallest absolute Gasteiger partial charge is 0.225 e. The van der Waals surface area contributed by atoms with Crippen LogP contribution in [0.1, 0.15) is 30.5 Å². The van der Waals surface area contributed by atoms with Gasteiger partial charge >= 0.3 is 0 Å². The van der Waals surface area contributed by atoms with Crippen LogP contribution in [0.5, 0.6) is 0 Å². The lowest BCUT2D eigenvalue weighted by atomic mass is 9.96. The molecule has 136 valence electrons. The van der Waals surface area contributed by atoms with Gasteiger partial charge in [-0.05, 0) is 52.4 Å². The molecular weight excluding hydrogens is 314 g/mol. The zero-order chi connectivity index (χ0) is 18.4. The minimum Gasteiger partial charge on any atom is -0.373 e. The average Bonchev–Trinajstić information content (AvgIpc) is 2.61. The molecule has 1 aliphatic heterocycles. The number of nitrogens with zero attached hydrogens (tertiary/aromatic N) is 5. The van der Waals surface area contributed by atoms with Gasteiger partial charge in [-0.25, -0.2) is 0 Å². The van der Waals surface area contributed by atoms with Gasteiger partial charge < -0.3 is 14.7 Å². The zero-order valence-corrected chi connectivity index (χ0v) is 15.8. The predicted octanol–water partition coefficient (Wildman–Crippen LogP) is 1.89. The largest absolute Gasteiger partial charge is 0.373 e. The Bertz CT molecular complexity index is 631. The van der Waals surface area contributed by atoms with Gasteiger partial charge in [-0.3, -0.25) is 9.78 Å². The maximum absolute atomic E-state index is 12.5. The summed E-state index contributed by atoms with van der Waals surface area (Å²) in [6, 6.07) is 4.13. The van der Waals surface area contributed by atoms with Gasteiger partial charge in [0.25, 0.3) is 0 Å². The van der Waals surface area contributed by atoms with E-state index in [9.17, 15) is 10.1 Å². The third-order valence-electron chi connectivity index (χ3n) is 4.98. The molecule has 0 bridgehead atoms. The molecule has 2 heterocycles. The van der Waals surface area contributed by atoms with Crippen LogP contribution in [0, 0.1) is 24.2 Å². The first kappa shape index (κ1) is 19.2. The molecule has 1 aliphatic rings. The topological polar surface area (TPSA) is 63.5 Å². The van der Waals surface area contributed by atoms with E-state index in [1.165, 1.54) is 0 Å². The number of hydrogen-bond donors (Lipinski definition) is 0. The third kappa shape index (κ3) is 5.17. The lowest BCUT2D eigenvalue weighted by molar-refractivity contribution is -0.135. The normalized spacial score (nSPS) is 15.6. The summed E-state index contributed by atoms with van der Waals surface area (Å²) in [6.45, 7) is 5.47. The molecule has 6 nitrogen and oxygen atoms in total. The molecule has 25 heavy (non-hydrogen) atoms. The number of pyridine rings is 1. The van der Waals surface area contributed by atoms with E-state index in [0.717, 1.165) is 56.8 Å². The van der Waals surface area contributed by atoms with Crippen molar-refractivity contribution in [2.45, 2.75) is 26.2 Å². The number of likely N-dealkylation sites (tertiary alicyclic amines) is 1. The first-order valence-corrected chi connectivity index (χ1v) is 8.93. The van der Waals surface area contributed by atoms with Gasteiger partial charge in [-0.1, -0.05) is 0 Å². The quantitative estimate of drug-likeness (QED) is 0.789. The number of aryl methyl sites for hydroxylation is 1. The van der Waals surface area contributed by atoms with Crippen LogP contribution in [-0.4, -0.2) is 68.0 Å². The SMILES string of the molecule is Cc1cc(N(C)CCCN(C)C(=O)C2CCN(C)CC2)c(C#N)cn1. The van der Waals surface area contributed by atoms with Crippen LogP contribution >= 0.6 is 0 Å². The van der Waals surface area contributed by atoms with E-state index in [-0.39, 0.29) is 11.8 Å². The van der Waals surface area contributed by atoms with Gasteiger partial charge in [0.1, 0.15) is 6.07 Å². The number of piperidine rings is 1. The number of rotatable bonds is 6. The molecule has 0 radical (unpaired) electrons. The van der Waals surface area contributed by atoms with Crippen molar-refractivity contribution >= 4 is 11.6 Å². The van der Waals surface area contributed by atoms with Crippen molar-refractivity contribution < 1.29 is 4.79 Å². The number of aromatic nitrogens is 1. The highest BCUT2D eigenvalue weighted by atomic mass is 16.2. The van der Waals surface area contributed by atoms with E-state index in [2.05, 4.69) is 27.9 Å². The van der Waals surface area contributed by atoms with E-state index in [4.69, 9.17) is 0 Å². The van der Waals surface area contributed by atoms with Crippen LogP contribution in [-0.2, 0) is 4.79 Å². The molecule has 1 aromatic rings. The minimum atomic E-state index is 0.173. The fourth-order valence-electron chi connectivity index (χ4n) is 3.29. The molecule has 1 fully saturated rings. The molecular formula is C19H29N5O. The van der Waals surface area contributed by atoms with Crippen molar-refractivity contribution in [1.29, 1.82) is 5.26 Å². The highest BCUT2D eigenvalue weighted by Gasteiger charge is 2.25. The Morgan fingerprint density at radius 2 is 2.04 bits per heavy atom. The number of carbonyl (C=O) groups is 1. The summed E-state index contributed by atoms with van der Waals surface area (Å²) in [5, 5.41) is 9.23. The van der Waals surface area contributed by atoms with Crippen molar-refractivity contribution in [3.8, 4) is 6.07 Å². The molecule has 2 rings (SSSR count). The molecule has 0 aliphatic carbocycles. The third-order valence-corrected chi connectivity index (χ3v) is 4.98. The maximum Gasteiger partial charge on any atom is 0.225 e. The van der Waals surface area contributed by atoms with Crippen LogP contribution in [0.25, 0.3) is 0 Å². The van der Waals surface area contributed by atoms with Crippen LogP contribution in [0.4, 0.5) is 5.69 Å². The molecule has 0 saturated carbocycles. The first-order chi connectivity index (χ1) is 11.9. The van der Waals surface area contributed by atoms with Gasteiger partial charge in [0.2, 0.25) is 5.91 Å². The van der Waals surface area contributed by atoms with Crippen molar-refractivity contribution in [1.82, 2.24) is 14.8 Å². The second-order valence-electron chi connectivity index (χ2n) is 7.07. The van der Waals surface area contributed by atoms with Gasteiger partial charge in [-0.2, -0.15) is 5.26 Å². The molecule has 0 N–H and O–H groups in total. The molecule has 1 saturated heterocycles. The lowest BCUT2D eigenvalue weighted by Crippen LogP contribution is -2.40. The zero-order valence-electron chi connectivity index (χ0n) is 15.8. The van der Waals surface area contributed by atoms with Crippen LogP contribution in [0.3, 0.4) is 0 Å². The van der Waals surface area contributed by atoms with Crippen LogP contribution in [0.15, 0.2) is 12.3 Å². The number of carbonyl (C=O) groups excluding carboxylic acids is 1. The minimum absolute atomic E-state index is 0.173. The van der Waals surface area contributed by atoms with Crippen molar-refractivity contribution in [2.24, 2.45) is 5.92 Å². The van der Waals surface area contributed by atoms with E-state index in [1.807, 2.05) is 32.0 Å². The highest BCUT2D eigenvalue weighted by Crippen LogP contribution is 2.20. The fraction of sp³-hybridized carbons (Fsp3) is 0.632. The lowest BCUT2D eigenvalue weighted by Gasteiger charge is -2.31. The Balaban J connectivity index is 1.82. The van der Waals surface area contributed by atoms with Crippen molar-refractivity contribution in [3.05, 3.63) is 23.5 Å². The number of hydrogen-bond acceptors (Lipinski definition) is 5. The highest BCUT2D eigenvalue weighted by molar-refractivity contribution is 5.78. The van der Waals surface area contributed by atoms with Gasteiger partial charge in [0, 0.05) is 45.0 Å². The Kier molecular flexibility index (Phi) is 6.77. The van der Waals surface area contributed by atoms with E-state index < -0.39 is 0 Å². The van der Waals surface area contributed by atoms with Gasteiger partial charge in [0.15, 0.2) is 0 Å². The standard InChI is InChI=1S/C19H29N5O/c1-15-12-18(17(13-20)14-21-15)23(3)8-5-9-24(4)19(25)16-6-10-22(2)11-7-16/h12,14,16H,5-11H2,1-4H3. The monoisotopic (exact) mass is 343 g/mol. The molecule has 0 unspecified atom stereocenters. The molecule has 0 aromatic carbocycles. The van der Waals surface area contributed by atoms with Gasteiger partial charge in [-0.15, -0.1) is 0 Å². The summed E-state index contributed by atoms with van der Waals surface area (Å²) in [5.74, 6) is 0.445. The Morgan fingerprint density at radius 3 is 2.68 bits per heavy atom. The molecule has 0 spiro atoms. The molecule has 0 atom stereocenters.